The first-order valence-corrected chi connectivity index (χ1v) is 6.32. The van der Waals surface area contributed by atoms with E-state index in [9.17, 15) is 14.9 Å². The molecular weight excluding hydrogens is 303 g/mol. The van der Waals surface area contributed by atoms with Gasteiger partial charge in [-0.25, -0.2) is 0 Å². The van der Waals surface area contributed by atoms with E-state index in [0.29, 0.717) is 26.7 Å². The Morgan fingerprint density at radius 3 is 2.50 bits per heavy atom. The van der Waals surface area contributed by atoms with E-state index < -0.39 is 4.92 Å². The third kappa shape index (κ3) is 1.92. The number of halogens is 2. The van der Waals surface area contributed by atoms with Crippen molar-refractivity contribution in [2.45, 2.75) is 0 Å². The molecule has 7 heteroatoms. The Hall–Kier alpha value is -2.11. The van der Waals surface area contributed by atoms with Crippen molar-refractivity contribution in [3.05, 3.63) is 60.8 Å². The zero-order valence-corrected chi connectivity index (χ0v) is 11.3. The fourth-order valence-corrected chi connectivity index (χ4v) is 2.61. The highest BCUT2D eigenvalue weighted by atomic mass is 35.5. The Kier molecular flexibility index (Phi) is 2.88. The summed E-state index contributed by atoms with van der Waals surface area (Å²) in [5.74, 6) is 0. The van der Waals surface area contributed by atoms with Gasteiger partial charge in [-0.2, -0.15) is 0 Å². The molecular formula is C13H6Cl2N2O3. The van der Waals surface area contributed by atoms with Crippen molar-refractivity contribution in [3.8, 4) is 0 Å². The number of aromatic amines is 1. The van der Waals surface area contributed by atoms with Gasteiger partial charge in [0, 0.05) is 26.9 Å². The molecule has 3 rings (SSSR count). The maximum absolute atomic E-state index is 12.0. The van der Waals surface area contributed by atoms with Crippen LogP contribution >= 0.6 is 23.2 Å². The van der Waals surface area contributed by atoms with Crippen LogP contribution in [0.25, 0.3) is 21.7 Å². The molecule has 5 nitrogen and oxygen atoms in total. The highest BCUT2D eigenvalue weighted by Crippen LogP contribution is 2.33. The Morgan fingerprint density at radius 2 is 1.80 bits per heavy atom. The first-order valence-electron chi connectivity index (χ1n) is 5.56. The van der Waals surface area contributed by atoms with Gasteiger partial charge in [0.2, 0.25) is 0 Å². The second kappa shape index (κ2) is 4.47. The fraction of sp³-hybridized carbons (Fsp3) is 0. The Bertz CT molecular complexity index is 934. The van der Waals surface area contributed by atoms with Crippen LogP contribution in [-0.4, -0.2) is 9.91 Å². The van der Waals surface area contributed by atoms with Crippen LogP contribution in [0.1, 0.15) is 0 Å². The molecule has 20 heavy (non-hydrogen) atoms. The lowest BCUT2D eigenvalue weighted by Crippen LogP contribution is -2.07. The minimum atomic E-state index is -0.527. The number of rotatable bonds is 1. The normalized spacial score (nSPS) is 11.1. The van der Waals surface area contributed by atoms with Gasteiger partial charge < -0.3 is 4.98 Å². The highest BCUT2D eigenvalue weighted by molar-refractivity contribution is 6.33. The third-order valence-corrected chi connectivity index (χ3v) is 3.48. The van der Waals surface area contributed by atoms with Gasteiger partial charge in [-0.1, -0.05) is 29.3 Å². The van der Waals surface area contributed by atoms with Crippen molar-refractivity contribution in [1.29, 1.82) is 0 Å². The molecule has 0 aliphatic heterocycles. The molecule has 0 unspecified atom stereocenters. The zero-order chi connectivity index (χ0) is 14.4. The van der Waals surface area contributed by atoms with Crippen LogP contribution in [0.2, 0.25) is 10.0 Å². The quantitative estimate of drug-likeness (QED) is 0.421. The van der Waals surface area contributed by atoms with Crippen LogP contribution in [0.5, 0.6) is 0 Å². The van der Waals surface area contributed by atoms with Crippen LogP contribution in [-0.2, 0) is 0 Å². The number of H-pyrrole nitrogens is 1. The second-order valence-corrected chi connectivity index (χ2v) is 5.12. The number of non-ortho nitro benzene ring substituents is 1. The standard InChI is InChI=1S/C13H6Cl2N2O3/c14-6-1-2-8-9(3-6)13(18)16-10-4-7(15)5-11(12(8)10)17(19)20/h1-5H,(H,16,18). The average Bonchev–Trinajstić information content (AvgIpc) is 2.38. The summed E-state index contributed by atoms with van der Waals surface area (Å²) in [5.41, 5.74) is -0.202. The summed E-state index contributed by atoms with van der Waals surface area (Å²) in [6, 6.07) is 7.40. The van der Waals surface area contributed by atoms with E-state index in [-0.39, 0.29) is 16.3 Å². The summed E-state index contributed by atoms with van der Waals surface area (Å²) < 4.78 is 0. The van der Waals surface area contributed by atoms with Gasteiger partial charge in [0.15, 0.2) is 0 Å². The number of aromatic nitrogens is 1. The molecule has 0 amide bonds. The lowest BCUT2D eigenvalue weighted by molar-refractivity contribution is -0.383. The molecule has 1 heterocycles. The fourth-order valence-electron chi connectivity index (χ4n) is 2.23. The number of nitrogens with one attached hydrogen (secondary N) is 1. The van der Waals surface area contributed by atoms with E-state index in [2.05, 4.69) is 4.98 Å². The Labute approximate surface area is 121 Å². The van der Waals surface area contributed by atoms with Crippen LogP contribution in [0, 0.1) is 10.1 Å². The Balaban J connectivity index is 2.65. The molecule has 1 N–H and O–H groups in total. The van der Waals surface area contributed by atoms with Crippen molar-refractivity contribution in [1.82, 2.24) is 4.98 Å². The average molecular weight is 309 g/mol. The van der Waals surface area contributed by atoms with E-state index in [1.807, 2.05) is 0 Å². The van der Waals surface area contributed by atoms with Gasteiger partial charge >= 0.3 is 0 Å². The number of hydrogen-bond acceptors (Lipinski definition) is 3. The molecule has 0 saturated heterocycles. The maximum atomic E-state index is 12.0. The van der Waals surface area contributed by atoms with Gasteiger partial charge in [0.05, 0.1) is 15.8 Å². The van der Waals surface area contributed by atoms with E-state index in [1.165, 1.54) is 18.2 Å². The van der Waals surface area contributed by atoms with E-state index >= 15 is 0 Å². The summed E-state index contributed by atoms with van der Waals surface area (Å²) >= 11 is 11.7. The van der Waals surface area contributed by atoms with Crippen LogP contribution < -0.4 is 5.56 Å². The van der Waals surface area contributed by atoms with Gasteiger partial charge in [-0.3, -0.25) is 14.9 Å². The summed E-state index contributed by atoms with van der Waals surface area (Å²) in [6.07, 6.45) is 0. The predicted octanol–water partition coefficient (Wildman–Crippen LogP) is 3.90. The molecule has 100 valence electrons. The lowest BCUT2D eigenvalue weighted by atomic mass is 10.1. The zero-order valence-electron chi connectivity index (χ0n) is 9.81. The molecule has 0 aliphatic carbocycles. The first-order chi connectivity index (χ1) is 9.47. The van der Waals surface area contributed by atoms with Crippen LogP contribution in [0.15, 0.2) is 35.1 Å². The van der Waals surface area contributed by atoms with Crippen molar-refractivity contribution in [2.24, 2.45) is 0 Å². The van der Waals surface area contributed by atoms with Gasteiger partial charge in [0.25, 0.3) is 11.2 Å². The number of fused-ring (bicyclic) bond motifs is 3. The van der Waals surface area contributed by atoms with E-state index in [4.69, 9.17) is 23.2 Å². The maximum Gasteiger partial charge on any atom is 0.280 e. The largest absolute Gasteiger partial charge is 0.321 e. The molecule has 0 spiro atoms. The van der Waals surface area contributed by atoms with Crippen molar-refractivity contribution < 1.29 is 4.92 Å². The number of benzene rings is 2. The number of nitro benzene ring substituents is 1. The topological polar surface area (TPSA) is 76.0 Å². The molecule has 2 aromatic carbocycles. The smallest absolute Gasteiger partial charge is 0.280 e. The first kappa shape index (κ1) is 12.9. The van der Waals surface area contributed by atoms with Gasteiger partial charge in [-0.15, -0.1) is 0 Å². The Morgan fingerprint density at radius 1 is 1.05 bits per heavy atom. The predicted molar refractivity (Wildman–Crippen MR) is 78.7 cm³/mol. The second-order valence-electron chi connectivity index (χ2n) is 4.25. The molecule has 0 fully saturated rings. The van der Waals surface area contributed by atoms with Gasteiger partial charge in [0.1, 0.15) is 0 Å². The molecule has 0 radical (unpaired) electrons. The van der Waals surface area contributed by atoms with E-state index in [1.54, 1.807) is 12.1 Å². The van der Waals surface area contributed by atoms with Crippen molar-refractivity contribution in [2.75, 3.05) is 0 Å². The minimum absolute atomic E-state index is 0.156. The molecule has 0 atom stereocenters. The number of nitro groups is 1. The summed E-state index contributed by atoms with van der Waals surface area (Å²) in [4.78, 5) is 25.3. The highest BCUT2D eigenvalue weighted by Gasteiger charge is 2.18. The minimum Gasteiger partial charge on any atom is -0.321 e. The van der Waals surface area contributed by atoms with Gasteiger partial charge in [-0.05, 0) is 18.2 Å². The third-order valence-electron chi connectivity index (χ3n) is 3.02. The van der Waals surface area contributed by atoms with Crippen molar-refractivity contribution in [3.63, 3.8) is 0 Å². The van der Waals surface area contributed by atoms with Crippen molar-refractivity contribution >= 4 is 50.6 Å². The molecule has 0 aliphatic rings. The summed E-state index contributed by atoms with van der Waals surface area (Å²) in [6.45, 7) is 0. The number of nitrogens with zero attached hydrogens (tertiary/aromatic N) is 1. The molecule has 0 saturated carbocycles. The van der Waals surface area contributed by atoms with Crippen LogP contribution in [0.3, 0.4) is 0 Å². The van der Waals surface area contributed by atoms with E-state index in [0.717, 1.165) is 0 Å². The SMILES string of the molecule is O=c1[nH]c2cc(Cl)cc([N+](=O)[O-])c2c2ccc(Cl)cc12. The number of pyridine rings is 1. The molecule has 0 bridgehead atoms. The molecule has 1 aromatic heterocycles. The van der Waals surface area contributed by atoms with Crippen LogP contribution in [0.4, 0.5) is 5.69 Å². The summed E-state index contributed by atoms with van der Waals surface area (Å²) in [7, 11) is 0. The number of hydrogen-bond donors (Lipinski definition) is 1. The summed E-state index contributed by atoms with van der Waals surface area (Å²) in [5, 5.41) is 12.9. The monoisotopic (exact) mass is 308 g/mol. The molecule has 3 aromatic rings. The lowest BCUT2D eigenvalue weighted by Gasteiger charge is -2.05.